The molecule has 0 fully saturated rings. The summed E-state index contributed by atoms with van der Waals surface area (Å²) in [4.78, 5) is 26.5. The molecule has 0 aliphatic carbocycles. The number of esters is 1. The highest BCUT2D eigenvalue weighted by Crippen LogP contribution is 2.33. The van der Waals surface area contributed by atoms with Crippen molar-refractivity contribution in [3.8, 4) is 5.75 Å². The lowest BCUT2D eigenvalue weighted by Crippen LogP contribution is -2.38. The summed E-state index contributed by atoms with van der Waals surface area (Å²) in [5.74, 6) is -0.392. The molecule has 2 aromatic rings. The van der Waals surface area contributed by atoms with Gasteiger partial charge in [0.2, 0.25) is 0 Å². The summed E-state index contributed by atoms with van der Waals surface area (Å²) in [5, 5.41) is 0.285. The van der Waals surface area contributed by atoms with Gasteiger partial charge in [-0.2, -0.15) is 0 Å². The van der Waals surface area contributed by atoms with Crippen molar-refractivity contribution in [2.24, 2.45) is 0 Å². The molecule has 0 saturated heterocycles. The molecule has 8 heteroatoms. The van der Waals surface area contributed by atoms with Crippen LogP contribution in [0.15, 0.2) is 30.3 Å². The van der Waals surface area contributed by atoms with Crippen molar-refractivity contribution < 1.29 is 19.1 Å². The van der Waals surface area contributed by atoms with Gasteiger partial charge in [-0.1, -0.05) is 34.8 Å². The van der Waals surface area contributed by atoms with Crippen LogP contribution >= 0.6 is 34.8 Å². The van der Waals surface area contributed by atoms with Crippen LogP contribution in [-0.2, 0) is 16.0 Å². The van der Waals surface area contributed by atoms with E-state index in [1.165, 1.54) is 12.1 Å². The Labute approximate surface area is 171 Å². The van der Waals surface area contributed by atoms with E-state index in [2.05, 4.69) is 0 Å². The minimum atomic E-state index is -0.798. The van der Waals surface area contributed by atoms with E-state index in [-0.39, 0.29) is 26.5 Å². The molecule has 0 bridgehead atoms. The average molecular weight is 429 g/mol. The monoisotopic (exact) mass is 427 g/mol. The molecule has 142 valence electrons. The lowest BCUT2D eigenvalue weighted by molar-refractivity contribution is -0.121. The first kappa shape index (κ1) is 19.8. The van der Waals surface area contributed by atoms with Gasteiger partial charge in [0.05, 0.1) is 27.7 Å². The van der Waals surface area contributed by atoms with Gasteiger partial charge in [0.25, 0.3) is 5.91 Å². The van der Waals surface area contributed by atoms with E-state index in [1.54, 1.807) is 18.1 Å². The number of hydrogen-bond donors (Lipinski definition) is 0. The maximum absolute atomic E-state index is 12.6. The number of hydrogen-bond acceptors (Lipinski definition) is 4. The summed E-state index contributed by atoms with van der Waals surface area (Å²) in [6, 6.07) is 8.46. The van der Waals surface area contributed by atoms with Gasteiger partial charge in [-0.3, -0.25) is 4.79 Å². The molecule has 1 aliphatic heterocycles. The predicted octanol–water partition coefficient (Wildman–Crippen LogP) is 4.79. The molecular formula is C19H16Cl3NO4. The number of methoxy groups -OCH3 is 1. The first-order valence-electron chi connectivity index (χ1n) is 8.20. The van der Waals surface area contributed by atoms with Crippen LogP contribution in [0.3, 0.4) is 0 Å². The number of halogens is 3. The zero-order valence-corrected chi connectivity index (χ0v) is 16.7. The summed E-state index contributed by atoms with van der Waals surface area (Å²) < 4.78 is 10.4. The van der Waals surface area contributed by atoms with Gasteiger partial charge in [0, 0.05) is 12.2 Å². The molecule has 5 nitrogen and oxygen atoms in total. The quantitative estimate of drug-likeness (QED) is 0.519. The summed E-state index contributed by atoms with van der Waals surface area (Å²) in [6.45, 7) is 0.123. The minimum Gasteiger partial charge on any atom is -0.497 e. The molecule has 0 radical (unpaired) electrons. The van der Waals surface area contributed by atoms with E-state index >= 15 is 0 Å². The summed E-state index contributed by atoms with van der Waals surface area (Å²) >= 11 is 17.9. The number of carbonyl (C=O) groups is 2. The second kappa shape index (κ2) is 8.38. The van der Waals surface area contributed by atoms with E-state index in [9.17, 15) is 9.59 Å². The van der Waals surface area contributed by atoms with Gasteiger partial charge in [-0.15, -0.1) is 0 Å². The number of amides is 1. The Bertz CT molecular complexity index is 901. The zero-order valence-electron chi connectivity index (χ0n) is 14.4. The van der Waals surface area contributed by atoms with Gasteiger partial charge in [0.15, 0.2) is 6.61 Å². The number of anilines is 1. The fourth-order valence-corrected chi connectivity index (χ4v) is 3.63. The van der Waals surface area contributed by atoms with Crippen LogP contribution in [0.4, 0.5) is 5.69 Å². The SMILES string of the molecule is COc1ccc2c(c1)CCCN2C(=O)COC(=O)c1c(Cl)ccc(Cl)c1Cl. The summed E-state index contributed by atoms with van der Waals surface area (Å²) in [5.41, 5.74) is 1.76. The summed E-state index contributed by atoms with van der Waals surface area (Å²) in [6.07, 6.45) is 1.66. The van der Waals surface area contributed by atoms with Crippen molar-refractivity contribution in [3.05, 3.63) is 56.5 Å². The second-order valence-electron chi connectivity index (χ2n) is 5.94. The topological polar surface area (TPSA) is 55.8 Å². The van der Waals surface area contributed by atoms with Crippen molar-refractivity contribution in [2.75, 3.05) is 25.2 Å². The van der Waals surface area contributed by atoms with Gasteiger partial charge in [-0.25, -0.2) is 4.79 Å². The van der Waals surface area contributed by atoms with Crippen molar-refractivity contribution in [3.63, 3.8) is 0 Å². The molecule has 0 N–H and O–H groups in total. The number of carbonyl (C=O) groups excluding carboxylic acids is 2. The van der Waals surface area contributed by atoms with Crippen LogP contribution in [0.1, 0.15) is 22.3 Å². The fourth-order valence-electron chi connectivity index (χ4n) is 2.95. The molecular weight excluding hydrogens is 413 g/mol. The molecule has 1 aliphatic rings. The van der Waals surface area contributed by atoms with E-state index in [4.69, 9.17) is 44.3 Å². The normalized spacial score (nSPS) is 13.1. The van der Waals surface area contributed by atoms with E-state index in [0.29, 0.717) is 6.54 Å². The Morgan fingerprint density at radius 1 is 1.11 bits per heavy atom. The van der Waals surface area contributed by atoms with E-state index in [1.807, 2.05) is 12.1 Å². The Balaban J connectivity index is 1.73. The third-order valence-corrected chi connectivity index (χ3v) is 5.40. The molecule has 2 aromatic carbocycles. The third-order valence-electron chi connectivity index (χ3n) is 4.28. The molecule has 27 heavy (non-hydrogen) atoms. The third kappa shape index (κ3) is 4.15. The van der Waals surface area contributed by atoms with Crippen LogP contribution < -0.4 is 9.64 Å². The molecule has 0 saturated carbocycles. The standard InChI is InChI=1S/C19H16Cl3NO4/c1-26-12-4-7-15-11(9-12)3-2-8-23(15)16(24)10-27-19(25)17-13(20)5-6-14(21)18(17)22/h4-7,9H,2-3,8,10H2,1H3. The highest BCUT2D eigenvalue weighted by Gasteiger charge is 2.25. The van der Waals surface area contributed by atoms with Gasteiger partial charge < -0.3 is 14.4 Å². The average Bonchev–Trinajstić information content (AvgIpc) is 2.68. The first-order chi connectivity index (χ1) is 12.9. The maximum Gasteiger partial charge on any atom is 0.341 e. The fraction of sp³-hybridized carbons (Fsp3) is 0.263. The van der Waals surface area contributed by atoms with Crippen molar-refractivity contribution in [1.29, 1.82) is 0 Å². The number of nitrogens with zero attached hydrogens (tertiary/aromatic N) is 1. The number of ether oxygens (including phenoxy) is 2. The Morgan fingerprint density at radius 3 is 2.59 bits per heavy atom. The Kier molecular flexibility index (Phi) is 6.15. The van der Waals surface area contributed by atoms with Gasteiger partial charge in [0.1, 0.15) is 5.75 Å². The van der Waals surface area contributed by atoms with Gasteiger partial charge >= 0.3 is 5.97 Å². The van der Waals surface area contributed by atoms with Crippen LogP contribution in [0.5, 0.6) is 5.75 Å². The smallest absolute Gasteiger partial charge is 0.341 e. The molecule has 0 spiro atoms. The highest BCUT2D eigenvalue weighted by atomic mass is 35.5. The van der Waals surface area contributed by atoms with E-state index in [0.717, 1.165) is 29.8 Å². The molecule has 1 amide bonds. The molecule has 0 unspecified atom stereocenters. The van der Waals surface area contributed by atoms with Crippen LogP contribution in [0, 0.1) is 0 Å². The largest absolute Gasteiger partial charge is 0.497 e. The van der Waals surface area contributed by atoms with Crippen molar-refractivity contribution >= 4 is 52.4 Å². The minimum absolute atomic E-state index is 0.00275. The Morgan fingerprint density at radius 2 is 1.85 bits per heavy atom. The van der Waals surface area contributed by atoms with Crippen LogP contribution in [0.25, 0.3) is 0 Å². The van der Waals surface area contributed by atoms with Crippen molar-refractivity contribution in [1.82, 2.24) is 0 Å². The zero-order chi connectivity index (χ0) is 19.6. The number of rotatable bonds is 4. The lowest BCUT2D eigenvalue weighted by atomic mass is 10.0. The number of fused-ring (bicyclic) bond motifs is 1. The van der Waals surface area contributed by atoms with E-state index < -0.39 is 12.6 Å². The first-order valence-corrected chi connectivity index (χ1v) is 9.33. The highest BCUT2D eigenvalue weighted by molar-refractivity contribution is 6.46. The molecule has 1 heterocycles. The van der Waals surface area contributed by atoms with Crippen LogP contribution in [0.2, 0.25) is 15.1 Å². The molecule has 3 rings (SSSR count). The second-order valence-corrected chi connectivity index (χ2v) is 7.13. The number of benzene rings is 2. The van der Waals surface area contributed by atoms with Crippen molar-refractivity contribution in [2.45, 2.75) is 12.8 Å². The van der Waals surface area contributed by atoms with Gasteiger partial charge in [-0.05, 0) is 48.7 Å². The predicted molar refractivity (Wildman–Crippen MR) is 105 cm³/mol. The lowest BCUT2D eigenvalue weighted by Gasteiger charge is -2.29. The molecule has 0 aromatic heterocycles. The maximum atomic E-state index is 12.6. The number of aryl methyl sites for hydroxylation is 1. The Hall–Kier alpha value is -1.95. The molecule has 0 atom stereocenters. The van der Waals surface area contributed by atoms with Crippen LogP contribution in [-0.4, -0.2) is 32.1 Å². The summed E-state index contributed by atoms with van der Waals surface area (Å²) in [7, 11) is 1.60.